The molecule has 0 radical (unpaired) electrons. The van der Waals surface area contributed by atoms with Crippen molar-refractivity contribution in [2.24, 2.45) is 0 Å². The Hall–Kier alpha value is -2.97. The lowest BCUT2D eigenvalue weighted by atomic mass is 10.1. The van der Waals surface area contributed by atoms with Gasteiger partial charge in [0.05, 0.1) is 11.2 Å². The molecule has 1 heterocycles. The number of carbonyl (C=O) groups excluding carboxylic acids is 1. The van der Waals surface area contributed by atoms with Gasteiger partial charge in [-0.05, 0) is 43.2 Å². The van der Waals surface area contributed by atoms with E-state index in [2.05, 4.69) is 15.0 Å². The summed E-state index contributed by atoms with van der Waals surface area (Å²) < 4.78 is 29.1. The van der Waals surface area contributed by atoms with Crippen molar-refractivity contribution < 1.29 is 13.2 Å². The Bertz CT molecular complexity index is 1060. The Morgan fingerprint density at radius 2 is 1.83 bits per heavy atom. The summed E-state index contributed by atoms with van der Waals surface area (Å²) in [6.45, 7) is 4.58. The summed E-state index contributed by atoms with van der Waals surface area (Å²) in [5.74, 6) is -0.325. The summed E-state index contributed by atoms with van der Waals surface area (Å²) in [6.07, 6.45) is 5.40. The zero-order valence-electron chi connectivity index (χ0n) is 16.4. The summed E-state index contributed by atoms with van der Waals surface area (Å²) in [6, 6.07) is 13.7. The van der Waals surface area contributed by atoms with Crippen LogP contribution in [0.15, 0.2) is 72.1 Å². The Morgan fingerprint density at radius 1 is 1.10 bits per heavy atom. The van der Waals surface area contributed by atoms with Crippen LogP contribution < -0.4 is 10.0 Å². The fraction of sp³-hybridized carbons (Fsp3) is 0.238. The number of imidazole rings is 1. The molecule has 0 fully saturated rings. The zero-order valence-corrected chi connectivity index (χ0v) is 17.2. The number of nitrogens with one attached hydrogen (secondary N) is 2. The van der Waals surface area contributed by atoms with E-state index in [0.717, 1.165) is 17.7 Å². The Kier molecular flexibility index (Phi) is 6.46. The molecule has 0 aliphatic rings. The van der Waals surface area contributed by atoms with Gasteiger partial charge in [0.25, 0.3) is 5.91 Å². The van der Waals surface area contributed by atoms with Crippen LogP contribution in [0.1, 0.15) is 35.3 Å². The molecule has 1 amide bonds. The molecule has 0 aliphatic heterocycles. The molecule has 29 heavy (non-hydrogen) atoms. The molecule has 0 spiro atoms. The summed E-state index contributed by atoms with van der Waals surface area (Å²) in [5.41, 5.74) is 2.39. The number of nitrogens with zero attached hydrogens (tertiary/aromatic N) is 2. The van der Waals surface area contributed by atoms with E-state index in [0.29, 0.717) is 12.1 Å². The number of hydrogen-bond donors (Lipinski definition) is 2. The van der Waals surface area contributed by atoms with Crippen molar-refractivity contribution >= 4 is 15.9 Å². The molecule has 0 atom stereocenters. The lowest BCUT2D eigenvalue weighted by Crippen LogP contribution is -2.30. The third kappa shape index (κ3) is 5.75. The first-order chi connectivity index (χ1) is 13.8. The van der Waals surface area contributed by atoms with Crippen LogP contribution in [0.2, 0.25) is 0 Å². The van der Waals surface area contributed by atoms with E-state index >= 15 is 0 Å². The maximum atomic E-state index is 12.5. The van der Waals surface area contributed by atoms with Gasteiger partial charge >= 0.3 is 0 Å². The molecule has 3 rings (SSSR count). The standard InChI is InChI=1S/C21H24N4O3S/c1-16(2)24-29(27,28)20-5-3-4-19(12-20)21(26)23-13-17-6-8-18(9-7-17)14-25-11-10-22-15-25/h3-12,15-16,24H,13-14H2,1-2H3,(H,23,26). The van der Waals surface area contributed by atoms with E-state index in [-0.39, 0.29) is 16.8 Å². The van der Waals surface area contributed by atoms with Crippen molar-refractivity contribution in [2.75, 3.05) is 0 Å². The minimum atomic E-state index is -3.65. The monoisotopic (exact) mass is 412 g/mol. The van der Waals surface area contributed by atoms with Crippen LogP contribution in [0, 0.1) is 0 Å². The summed E-state index contributed by atoms with van der Waals surface area (Å²) >= 11 is 0. The van der Waals surface area contributed by atoms with Gasteiger partial charge in [-0.2, -0.15) is 0 Å². The van der Waals surface area contributed by atoms with Crippen LogP contribution in [-0.4, -0.2) is 29.9 Å². The van der Waals surface area contributed by atoms with E-state index in [1.54, 1.807) is 38.5 Å². The second kappa shape index (κ2) is 9.02. The van der Waals surface area contributed by atoms with Crippen LogP contribution in [0.3, 0.4) is 0 Å². The molecule has 1 aromatic heterocycles. The van der Waals surface area contributed by atoms with Gasteiger partial charge in [-0.25, -0.2) is 18.1 Å². The number of sulfonamides is 1. The molecule has 2 aromatic carbocycles. The first kappa shape index (κ1) is 20.8. The Balaban J connectivity index is 1.61. The van der Waals surface area contributed by atoms with Crippen molar-refractivity contribution in [1.29, 1.82) is 0 Å². The largest absolute Gasteiger partial charge is 0.348 e. The molecule has 0 unspecified atom stereocenters. The number of hydrogen-bond acceptors (Lipinski definition) is 4. The molecule has 2 N–H and O–H groups in total. The molecular formula is C21H24N4O3S. The van der Waals surface area contributed by atoms with E-state index < -0.39 is 10.0 Å². The van der Waals surface area contributed by atoms with Gasteiger partial charge in [0.15, 0.2) is 0 Å². The van der Waals surface area contributed by atoms with Crippen molar-refractivity contribution in [3.05, 3.63) is 83.9 Å². The average molecular weight is 413 g/mol. The van der Waals surface area contributed by atoms with Crippen molar-refractivity contribution in [1.82, 2.24) is 19.6 Å². The zero-order chi connectivity index (χ0) is 20.9. The SMILES string of the molecule is CC(C)NS(=O)(=O)c1cccc(C(=O)NCc2ccc(Cn3ccnc3)cc2)c1. The van der Waals surface area contributed by atoms with E-state index in [1.807, 2.05) is 35.0 Å². The number of carbonyl (C=O) groups is 1. The highest BCUT2D eigenvalue weighted by molar-refractivity contribution is 7.89. The molecule has 7 nitrogen and oxygen atoms in total. The van der Waals surface area contributed by atoms with E-state index in [9.17, 15) is 13.2 Å². The van der Waals surface area contributed by atoms with Crippen molar-refractivity contribution in [3.8, 4) is 0 Å². The van der Waals surface area contributed by atoms with Gasteiger partial charge in [-0.15, -0.1) is 0 Å². The molecular weight excluding hydrogens is 388 g/mol. The second-order valence-corrected chi connectivity index (χ2v) is 8.75. The summed E-state index contributed by atoms with van der Waals surface area (Å²) in [4.78, 5) is 16.6. The number of benzene rings is 2. The minimum absolute atomic E-state index is 0.0719. The number of amides is 1. The molecule has 0 bridgehead atoms. The smallest absolute Gasteiger partial charge is 0.251 e. The highest BCUT2D eigenvalue weighted by Crippen LogP contribution is 2.13. The van der Waals surface area contributed by atoms with Gasteiger partial charge in [-0.1, -0.05) is 30.3 Å². The van der Waals surface area contributed by atoms with Gasteiger partial charge in [0, 0.05) is 37.1 Å². The first-order valence-electron chi connectivity index (χ1n) is 9.27. The lowest BCUT2D eigenvalue weighted by Gasteiger charge is -2.11. The first-order valence-corrected chi connectivity index (χ1v) is 10.8. The Morgan fingerprint density at radius 3 is 2.48 bits per heavy atom. The maximum Gasteiger partial charge on any atom is 0.251 e. The third-order valence-electron chi connectivity index (χ3n) is 4.20. The molecule has 0 saturated heterocycles. The normalized spacial score (nSPS) is 11.6. The maximum absolute atomic E-state index is 12.5. The van der Waals surface area contributed by atoms with Gasteiger partial charge in [-0.3, -0.25) is 4.79 Å². The summed E-state index contributed by atoms with van der Waals surface area (Å²) in [5, 5.41) is 2.83. The van der Waals surface area contributed by atoms with E-state index in [4.69, 9.17) is 0 Å². The predicted octanol–water partition coefficient (Wildman–Crippen LogP) is 2.55. The lowest BCUT2D eigenvalue weighted by molar-refractivity contribution is 0.0950. The summed E-state index contributed by atoms with van der Waals surface area (Å²) in [7, 11) is -3.65. The fourth-order valence-corrected chi connectivity index (χ4v) is 4.12. The van der Waals surface area contributed by atoms with Crippen LogP contribution in [-0.2, 0) is 23.1 Å². The Labute approximate surface area is 170 Å². The van der Waals surface area contributed by atoms with Crippen molar-refractivity contribution in [3.63, 3.8) is 0 Å². The van der Waals surface area contributed by atoms with Crippen LogP contribution in [0.5, 0.6) is 0 Å². The molecule has 3 aromatic rings. The second-order valence-electron chi connectivity index (χ2n) is 7.04. The molecule has 0 saturated carbocycles. The van der Waals surface area contributed by atoms with Crippen LogP contribution in [0.25, 0.3) is 0 Å². The quantitative estimate of drug-likeness (QED) is 0.595. The minimum Gasteiger partial charge on any atom is -0.348 e. The topological polar surface area (TPSA) is 93.1 Å². The van der Waals surface area contributed by atoms with Gasteiger partial charge in [0.2, 0.25) is 10.0 Å². The van der Waals surface area contributed by atoms with Crippen LogP contribution >= 0.6 is 0 Å². The molecule has 8 heteroatoms. The fourth-order valence-electron chi connectivity index (χ4n) is 2.82. The van der Waals surface area contributed by atoms with Gasteiger partial charge < -0.3 is 9.88 Å². The average Bonchev–Trinajstić information content (AvgIpc) is 3.19. The van der Waals surface area contributed by atoms with Gasteiger partial charge in [0.1, 0.15) is 0 Å². The van der Waals surface area contributed by atoms with Crippen LogP contribution in [0.4, 0.5) is 0 Å². The third-order valence-corrected chi connectivity index (χ3v) is 5.85. The molecule has 152 valence electrons. The van der Waals surface area contributed by atoms with Crippen molar-refractivity contribution in [2.45, 2.75) is 37.9 Å². The number of aromatic nitrogens is 2. The molecule has 0 aliphatic carbocycles. The predicted molar refractivity (Wildman–Crippen MR) is 111 cm³/mol. The highest BCUT2D eigenvalue weighted by Gasteiger charge is 2.17. The number of rotatable bonds is 8. The van der Waals surface area contributed by atoms with E-state index in [1.165, 1.54) is 12.1 Å². The highest BCUT2D eigenvalue weighted by atomic mass is 32.2.